The van der Waals surface area contributed by atoms with E-state index in [1.54, 1.807) is 6.07 Å². The number of nitrogens with one attached hydrogen (secondary N) is 2. The Labute approximate surface area is 142 Å². The van der Waals surface area contributed by atoms with E-state index >= 15 is 0 Å². The Morgan fingerprint density at radius 3 is 2.83 bits per heavy atom. The molecule has 9 heteroatoms. The average molecular weight is 367 g/mol. The Kier molecular flexibility index (Phi) is 3.74. The summed E-state index contributed by atoms with van der Waals surface area (Å²) in [5.74, 6) is -0.217. The zero-order valence-corrected chi connectivity index (χ0v) is 14.5. The van der Waals surface area contributed by atoms with Crippen LogP contribution in [-0.2, 0) is 14.8 Å². The zero-order chi connectivity index (χ0) is 16.9. The second kappa shape index (κ2) is 5.68. The maximum absolute atomic E-state index is 13.2. The van der Waals surface area contributed by atoms with E-state index in [1.807, 2.05) is 0 Å². The minimum Gasteiger partial charge on any atom is -0.355 e. The number of amides is 1. The third-order valence-corrected chi connectivity index (χ3v) is 7.55. The molecule has 0 saturated carbocycles. The summed E-state index contributed by atoms with van der Waals surface area (Å²) >= 11 is 1.04. The van der Waals surface area contributed by atoms with Gasteiger partial charge in [0, 0.05) is 12.6 Å². The van der Waals surface area contributed by atoms with Crippen LogP contribution in [0.5, 0.6) is 0 Å². The highest BCUT2D eigenvalue weighted by Crippen LogP contribution is 2.33. The summed E-state index contributed by atoms with van der Waals surface area (Å²) in [5.41, 5.74) is 0.510. The van der Waals surface area contributed by atoms with Gasteiger partial charge in [-0.1, -0.05) is 11.3 Å². The average Bonchev–Trinajstić information content (AvgIpc) is 2.89. The van der Waals surface area contributed by atoms with Gasteiger partial charge in [-0.15, -0.1) is 0 Å². The molecule has 0 radical (unpaired) electrons. The first kappa shape index (κ1) is 15.8. The van der Waals surface area contributed by atoms with Crippen LogP contribution in [-0.4, -0.2) is 42.2 Å². The fourth-order valence-electron chi connectivity index (χ4n) is 3.63. The number of H-pyrrole nitrogens is 1. The lowest BCUT2D eigenvalue weighted by molar-refractivity contribution is -0.125. The number of fused-ring (bicyclic) bond motifs is 3. The van der Waals surface area contributed by atoms with E-state index in [-0.39, 0.29) is 21.7 Å². The summed E-state index contributed by atoms with van der Waals surface area (Å²) in [6.45, 7) is 0.503. The molecule has 2 aliphatic heterocycles. The number of piperidine rings is 1. The zero-order valence-electron chi connectivity index (χ0n) is 12.8. The number of aromatic nitrogens is 1. The predicted octanol–water partition coefficient (Wildman–Crippen LogP) is 1.02. The van der Waals surface area contributed by atoms with Crippen molar-refractivity contribution in [1.82, 2.24) is 14.6 Å². The summed E-state index contributed by atoms with van der Waals surface area (Å²) in [6.07, 6.45) is 2.78. The van der Waals surface area contributed by atoms with Gasteiger partial charge in [0.1, 0.15) is 6.04 Å². The molecule has 0 aliphatic carbocycles. The molecule has 2 N–H and O–H groups in total. The molecule has 0 spiro atoms. The van der Waals surface area contributed by atoms with E-state index in [0.717, 1.165) is 24.2 Å². The summed E-state index contributed by atoms with van der Waals surface area (Å²) in [7, 11) is -3.80. The minimum atomic E-state index is -3.80. The largest absolute Gasteiger partial charge is 0.355 e. The molecule has 2 unspecified atom stereocenters. The van der Waals surface area contributed by atoms with Crippen molar-refractivity contribution in [1.29, 1.82) is 0 Å². The number of benzene rings is 1. The first-order chi connectivity index (χ1) is 11.5. The van der Waals surface area contributed by atoms with Gasteiger partial charge in [-0.25, -0.2) is 8.42 Å². The molecule has 1 aromatic heterocycles. The summed E-state index contributed by atoms with van der Waals surface area (Å²) < 4.78 is 28.5. The maximum Gasteiger partial charge on any atom is 0.305 e. The first-order valence-corrected chi connectivity index (χ1v) is 10.2. The first-order valence-electron chi connectivity index (χ1n) is 7.91. The Morgan fingerprint density at radius 1 is 1.17 bits per heavy atom. The molecule has 4 rings (SSSR count). The van der Waals surface area contributed by atoms with Crippen molar-refractivity contribution in [3.8, 4) is 0 Å². The van der Waals surface area contributed by atoms with E-state index < -0.39 is 16.1 Å². The molecule has 7 nitrogen and oxygen atoms in total. The van der Waals surface area contributed by atoms with E-state index in [0.29, 0.717) is 29.6 Å². The van der Waals surface area contributed by atoms with Crippen molar-refractivity contribution in [3.63, 3.8) is 0 Å². The van der Waals surface area contributed by atoms with Gasteiger partial charge in [0.25, 0.3) is 0 Å². The molecule has 2 atom stereocenters. The lowest BCUT2D eigenvalue weighted by Gasteiger charge is -2.37. The topological polar surface area (TPSA) is 99.3 Å². The van der Waals surface area contributed by atoms with E-state index in [4.69, 9.17) is 0 Å². The molecule has 2 aromatic rings. The Bertz CT molecular complexity index is 962. The van der Waals surface area contributed by atoms with Crippen molar-refractivity contribution in [2.45, 2.75) is 42.7 Å². The predicted molar refractivity (Wildman–Crippen MR) is 90.5 cm³/mol. The van der Waals surface area contributed by atoms with E-state index in [1.165, 1.54) is 16.4 Å². The van der Waals surface area contributed by atoms with Crippen LogP contribution >= 0.6 is 11.3 Å². The second-order valence-electron chi connectivity index (χ2n) is 6.19. The summed E-state index contributed by atoms with van der Waals surface area (Å²) in [6, 6.07) is 3.83. The van der Waals surface area contributed by atoms with Crippen LogP contribution in [0.2, 0.25) is 0 Å². The SMILES string of the molecule is O=C1NCCC2CCCC1N2S(=O)(=O)c1ccc2sc(=O)[nH]c2c1. The van der Waals surface area contributed by atoms with E-state index in [2.05, 4.69) is 10.3 Å². The highest BCUT2D eigenvalue weighted by molar-refractivity contribution is 7.89. The number of hydrogen-bond acceptors (Lipinski definition) is 5. The lowest BCUT2D eigenvalue weighted by Crippen LogP contribution is -2.53. The summed E-state index contributed by atoms with van der Waals surface area (Å²) in [4.78, 5) is 26.3. The Balaban J connectivity index is 1.82. The number of rotatable bonds is 2. The van der Waals surface area contributed by atoms with Crippen molar-refractivity contribution >= 4 is 37.5 Å². The fraction of sp³-hybridized carbons (Fsp3) is 0.467. The monoisotopic (exact) mass is 367 g/mol. The molecule has 3 heterocycles. The molecule has 128 valence electrons. The smallest absolute Gasteiger partial charge is 0.305 e. The highest BCUT2D eigenvalue weighted by Gasteiger charge is 2.44. The minimum absolute atomic E-state index is 0.121. The quantitative estimate of drug-likeness (QED) is 0.828. The fourth-order valence-corrected chi connectivity index (χ4v) is 6.24. The Hall–Kier alpha value is -1.71. The van der Waals surface area contributed by atoms with Crippen molar-refractivity contribution in [3.05, 3.63) is 27.9 Å². The van der Waals surface area contributed by atoms with Crippen LogP contribution in [0, 0.1) is 0 Å². The van der Waals surface area contributed by atoms with Gasteiger partial charge in [0.05, 0.1) is 15.1 Å². The number of thiazole rings is 1. The number of hydrogen-bond donors (Lipinski definition) is 2. The normalized spacial score (nSPS) is 25.4. The Morgan fingerprint density at radius 2 is 2.00 bits per heavy atom. The molecule has 2 bridgehead atoms. The van der Waals surface area contributed by atoms with Gasteiger partial charge in [0.15, 0.2) is 0 Å². The number of carbonyl (C=O) groups is 1. The molecule has 2 aliphatic rings. The van der Waals surface area contributed by atoms with Gasteiger partial charge in [-0.3, -0.25) is 9.59 Å². The van der Waals surface area contributed by atoms with Gasteiger partial charge in [0.2, 0.25) is 15.9 Å². The molecule has 1 amide bonds. The van der Waals surface area contributed by atoms with Gasteiger partial charge in [-0.2, -0.15) is 4.31 Å². The summed E-state index contributed by atoms with van der Waals surface area (Å²) in [5, 5.41) is 2.81. The number of carbonyl (C=O) groups excluding carboxylic acids is 1. The third-order valence-electron chi connectivity index (χ3n) is 4.73. The van der Waals surface area contributed by atoms with Crippen molar-refractivity contribution < 1.29 is 13.2 Å². The van der Waals surface area contributed by atoms with Gasteiger partial charge >= 0.3 is 4.87 Å². The third kappa shape index (κ3) is 2.47. The highest BCUT2D eigenvalue weighted by atomic mass is 32.2. The molecule has 2 fully saturated rings. The number of sulfonamides is 1. The van der Waals surface area contributed by atoms with Crippen LogP contribution in [0.4, 0.5) is 0 Å². The standard InChI is InChI=1S/C15H17N3O4S2/c19-14-12-3-1-2-9(6-7-16-14)18(12)24(21,22)10-4-5-13-11(8-10)17-15(20)23-13/h4-5,8-9,12H,1-3,6-7H2,(H,16,19)(H,17,20). The number of nitrogens with zero attached hydrogens (tertiary/aromatic N) is 1. The van der Waals surface area contributed by atoms with Crippen LogP contribution in [0.15, 0.2) is 27.9 Å². The van der Waals surface area contributed by atoms with Crippen molar-refractivity contribution in [2.24, 2.45) is 0 Å². The molecule has 1 aromatic carbocycles. The van der Waals surface area contributed by atoms with Crippen molar-refractivity contribution in [2.75, 3.05) is 6.54 Å². The molecule has 24 heavy (non-hydrogen) atoms. The molecular weight excluding hydrogens is 350 g/mol. The maximum atomic E-state index is 13.2. The van der Waals surface area contributed by atoms with Crippen LogP contribution in [0.3, 0.4) is 0 Å². The second-order valence-corrected chi connectivity index (χ2v) is 9.05. The van der Waals surface area contributed by atoms with Gasteiger partial charge in [-0.05, 0) is 43.9 Å². The van der Waals surface area contributed by atoms with Gasteiger partial charge < -0.3 is 10.3 Å². The van der Waals surface area contributed by atoms with Crippen LogP contribution in [0.1, 0.15) is 25.7 Å². The van der Waals surface area contributed by atoms with E-state index in [9.17, 15) is 18.0 Å². The number of aromatic amines is 1. The molecular formula is C15H17N3O4S2. The van der Waals surface area contributed by atoms with Crippen LogP contribution < -0.4 is 10.2 Å². The molecule has 2 saturated heterocycles. The lowest BCUT2D eigenvalue weighted by atomic mass is 9.98. The van der Waals surface area contributed by atoms with Crippen LogP contribution in [0.25, 0.3) is 10.2 Å².